The van der Waals surface area contributed by atoms with Crippen LogP contribution in [0.1, 0.15) is 15.9 Å². The van der Waals surface area contributed by atoms with Gasteiger partial charge < -0.3 is 9.64 Å². The van der Waals surface area contributed by atoms with Gasteiger partial charge in [0.1, 0.15) is 5.82 Å². The average Bonchev–Trinajstić information content (AvgIpc) is 2.32. The number of ether oxygens (including phenoxy) is 1. The fraction of sp³-hybridized carbons (Fsp3) is 0.462. The normalized spacial score (nSPS) is 12.3. The Bertz CT molecular complexity index is 425. The number of benzene rings is 1. The topological polar surface area (TPSA) is 29.5 Å². The van der Waals surface area contributed by atoms with Crippen LogP contribution < -0.4 is 0 Å². The Morgan fingerprint density at radius 1 is 1.56 bits per heavy atom. The zero-order valence-corrected chi connectivity index (χ0v) is 12.3. The van der Waals surface area contributed by atoms with E-state index in [0.29, 0.717) is 24.3 Å². The molecule has 1 aromatic carbocycles. The monoisotopic (exact) mass is 317 g/mol. The summed E-state index contributed by atoms with van der Waals surface area (Å²) in [4.78, 5) is 13.7. The summed E-state index contributed by atoms with van der Waals surface area (Å²) in [6.45, 7) is 2.68. The van der Waals surface area contributed by atoms with E-state index in [4.69, 9.17) is 4.74 Å². The number of amides is 1. The second-order valence-corrected chi connectivity index (χ2v) is 5.50. The van der Waals surface area contributed by atoms with Crippen molar-refractivity contribution in [3.8, 4) is 0 Å². The molecule has 0 bridgehead atoms. The Balaban J connectivity index is 2.71. The van der Waals surface area contributed by atoms with Gasteiger partial charge in [-0.25, -0.2) is 4.39 Å². The van der Waals surface area contributed by atoms with E-state index < -0.39 is 0 Å². The molecule has 0 aromatic heterocycles. The summed E-state index contributed by atoms with van der Waals surface area (Å²) >= 11 is 3.41. The molecule has 1 unspecified atom stereocenters. The van der Waals surface area contributed by atoms with E-state index >= 15 is 0 Å². The zero-order chi connectivity index (χ0) is 13.7. The van der Waals surface area contributed by atoms with Crippen molar-refractivity contribution in [1.29, 1.82) is 0 Å². The summed E-state index contributed by atoms with van der Waals surface area (Å²) < 4.78 is 18.4. The first-order valence-corrected chi connectivity index (χ1v) is 6.52. The number of aryl methyl sites for hydroxylation is 1. The van der Waals surface area contributed by atoms with E-state index in [0.717, 1.165) is 0 Å². The maximum atomic E-state index is 13.4. The number of halogens is 2. The van der Waals surface area contributed by atoms with Crippen LogP contribution in [-0.2, 0) is 4.74 Å². The fourth-order valence-electron chi connectivity index (χ4n) is 1.56. The molecule has 0 saturated heterocycles. The highest BCUT2D eigenvalue weighted by atomic mass is 79.9. The van der Waals surface area contributed by atoms with Crippen LogP contribution in [-0.4, -0.2) is 42.9 Å². The molecule has 1 rings (SSSR count). The van der Waals surface area contributed by atoms with Gasteiger partial charge in [0.15, 0.2) is 0 Å². The van der Waals surface area contributed by atoms with Crippen molar-refractivity contribution < 1.29 is 13.9 Å². The molecule has 18 heavy (non-hydrogen) atoms. The van der Waals surface area contributed by atoms with Crippen LogP contribution in [0.4, 0.5) is 4.39 Å². The molecule has 0 N–H and O–H groups in total. The van der Waals surface area contributed by atoms with Gasteiger partial charge in [0, 0.05) is 26.3 Å². The highest BCUT2D eigenvalue weighted by Gasteiger charge is 2.16. The van der Waals surface area contributed by atoms with Crippen molar-refractivity contribution >= 4 is 21.8 Å². The molecule has 0 saturated carbocycles. The Hall–Kier alpha value is -0.940. The van der Waals surface area contributed by atoms with Crippen molar-refractivity contribution in [2.75, 3.05) is 27.3 Å². The molecule has 0 spiro atoms. The predicted octanol–water partition coefficient (Wildman–Crippen LogP) is 2.62. The molecule has 3 nitrogen and oxygen atoms in total. The lowest BCUT2D eigenvalue weighted by atomic mass is 10.1. The molecule has 0 fully saturated rings. The number of hydrogen-bond donors (Lipinski definition) is 0. The van der Waals surface area contributed by atoms with E-state index in [1.165, 1.54) is 6.07 Å². The first-order valence-electron chi connectivity index (χ1n) is 5.60. The molecule has 0 heterocycles. The molecule has 1 amide bonds. The Morgan fingerprint density at radius 3 is 2.78 bits per heavy atom. The SMILES string of the molecule is COCC(Br)CN(C)C(=O)c1ccc(C)c(F)c1. The van der Waals surface area contributed by atoms with Gasteiger partial charge in [-0.3, -0.25) is 4.79 Å². The summed E-state index contributed by atoms with van der Waals surface area (Å²) in [6, 6.07) is 4.52. The van der Waals surface area contributed by atoms with Crippen LogP contribution in [0.25, 0.3) is 0 Å². The number of carbonyl (C=O) groups excluding carboxylic acids is 1. The standard InChI is InChI=1S/C13H17BrFNO2/c1-9-4-5-10(6-12(9)15)13(17)16(2)7-11(14)8-18-3/h4-6,11H,7-8H2,1-3H3. The smallest absolute Gasteiger partial charge is 0.253 e. The van der Waals surface area contributed by atoms with Crippen LogP contribution in [0.15, 0.2) is 18.2 Å². The second-order valence-electron chi connectivity index (χ2n) is 4.20. The second kappa shape index (κ2) is 6.85. The van der Waals surface area contributed by atoms with E-state index in [1.807, 2.05) is 0 Å². The highest BCUT2D eigenvalue weighted by Crippen LogP contribution is 2.12. The first-order chi connectivity index (χ1) is 8.45. The highest BCUT2D eigenvalue weighted by molar-refractivity contribution is 9.09. The van der Waals surface area contributed by atoms with Gasteiger partial charge in [0.2, 0.25) is 0 Å². The van der Waals surface area contributed by atoms with Gasteiger partial charge in [-0.1, -0.05) is 22.0 Å². The van der Waals surface area contributed by atoms with Gasteiger partial charge in [-0.2, -0.15) is 0 Å². The summed E-state index contributed by atoms with van der Waals surface area (Å²) in [5.74, 6) is -0.559. The number of rotatable bonds is 5. The molecule has 5 heteroatoms. The molecule has 100 valence electrons. The third-order valence-corrected chi connectivity index (χ3v) is 3.14. The lowest BCUT2D eigenvalue weighted by molar-refractivity contribution is 0.0783. The largest absolute Gasteiger partial charge is 0.383 e. The summed E-state index contributed by atoms with van der Waals surface area (Å²) in [5.41, 5.74) is 0.893. The van der Waals surface area contributed by atoms with E-state index in [9.17, 15) is 9.18 Å². The minimum Gasteiger partial charge on any atom is -0.383 e. The van der Waals surface area contributed by atoms with Crippen molar-refractivity contribution in [3.63, 3.8) is 0 Å². The zero-order valence-electron chi connectivity index (χ0n) is 10.7. The van der Waals surface area contributed by atoms with Crippen LogP contribution in [0, 0.1) is 12.7 Å². The van der Waals surface area contributed by atoms with E-state index in [1.54, 1.807) is 38.1 Å². The number of nitrogens with zero attached hydrogens (tertiary/aromatic N) is 1. The number of carbonyl (C=O) groups is 1. The minimum absolute atomic E-state index is 0.0618. The lowest BCUT2D eigenvalue weighted by Crippen LogP contribution is -2.33. The predicted molar refractivity (Wildman–Crippen MR) is 72.7 cm³/mol. The van der Waals surface area contributed by atoms with E-state index in [-0.39, 0.29) is 16.6 Å². The van der Waals surface area contributed by atoms with Crippen molar-refractivity contribution in [2.45, 2.75) is 11.8 Å². The van der Waals surface area contributed by atoms with Crippen molar-refractivity contribution in [2.24, 2.45) is 0 Å². The molecule has 0 aliphatic rings. The third kappa shape index (κ3) is 4.07. The lowest BCUT2D eigenvalue weighted by Gasteiger charge is -2.20. The minimum atomic E-state index is -0.360. The Morgan fingerprint density at radius 2 is 2.22 bits per heavy atom. The molecular formula is C13H17BrFNO2. The maximum Gasteiger partial charge on any atom is 0.253 e. The van der Waals surface area contributed by atoms with Gasteiger partial charge in [-0.05, 0) is 24.6 Å². The third-order valence-electron chi connectivity index (χ3n) is 2.58. The quantitative estimate of drug-likeness (QED) is 0.781. The summed E-state index contributed by atoms with van der Waals surface area (Å²) in [6.07, 6.45) is 0. The van der Waals surface area contributed by atoms with E-state index in [2.05, 4.69) is 15.9 Å². The number of alkyl halides is 1. The van der Waals surface area contributed by atoms with Crippen molar-refractivity contribution in [3.05, 3.63) is 35.1 Å². The molecule has 0 radical (unpaired) electrons. The van der Waals surface area contributed by atoms with Gasteiger partial charge in [0.25, 0.3) is 5.91 Å². The summed E-state index contributed by atoms with van der Waals surface area (Å²) in [5, 5.41) is 0. The van der Waals surface area contributed by atoms with Crippen LogP contribution in [0.5, 0.6) is 0 Å². The number of methoxy groups -OCH3 is 1. The van der Waals surface area contributed by atoms with Gasteiger partial charge in [-0.15, -0.1) is 0 Å². The van der Waals surface area contributed by atoms with Gasteiger partial charge in [0.05, 0.1) is 11.4 Å². The fourth-order valence-corrected chi connectivity index (χ4v) is 2.26. The molecular weight excluding hydrogens is 301 g/mol. The Kier molecular flexibility index (Phi) is 5.75. The molecule has 0 aliphatic heterocycles. The first kappa shape index (κ1) is 15.1. The van der Waals surface area contributed by atoms with Crippen LogP contribution >= 0.6 is 15.9 Å². The number of hydrogen-bond acceptors (Lipinski definition) is 2. The average molecular weight is 318 g/mol. The van der Waals surface area contributed by atoms with Crippen molar-refractivity contribution in [1.82, 2.24) is 4.90 Å². The van der Waals surface area contributed by atoms with Crippen LogP contribution in [0.3, 0.4) is 0 Å². The maximum absolute atomic E-state index is 13.4. The Labute approximate surface area is 115 Å². The molecule has 0 aliphatic carbocycles. The van der Waals surface area contributed by atoms with Gasteiger partial charge >= 0.3 is 0 Å². The van der Waals surface area contributed by atoms with Crippen LogP contribution in [0.2, 0.25) is 0 Å². The summed E-state index contributed by atoms with van der Waals surface area (Å²) in [7, 11) is 3.29. The molecule has 1 atom stereocenters. The molecule has 1 aromatic rings.